The van der Waals surface area contributed by atoms with Crippen molar-refractivity contribution in [1.82, 2.24) is 14.8 Å². The van der Waals surface area contributed by atoms with Crippen LogP contribution in [-0.4, -0.2) is 59.4 Å². The fourth-order valence-electron chi connectivity index (χ4n) is 5.38. The lowest BCUT2D eigenvalue weighted by atomic mass is 9.86. The first-order valence-electron chi connectivity index (χ1n) is 12.2. The van der Waals surface area contributed by atoms with Crippen LogP contribution in [0, 0.1) is 24.7 Å². The van der Waals surface area contributed by atoms with E-state index < -0.39 is 0 Å². The van der Waals surface area contributed by atoms with Gasteiger partial charge in [0, 0.05) is 57.2 Å². The zero-order valence-corrected chi connectivity index (χ0v) is 18.9. The van der Waals surface area contributed by atoms with E-state index in [1.807, 2.05) is 24.0 Å². The zero-order valence-electron chi connectivity index (χ0n) is 18.9. The quantitative estimate of drug-likeness (QED) is 0.664. The van der Waals surface area contributed by atoms with Gasteiger partial charge in [-0.15, -0.1) is 0 Å². The molecule has 2 aliphatic heterocycles. The summed E-state index contributed by atoms with van der Waals surface area (Å²) in [6.07, 6.45) is 11.4. The molecule has 1 aromatic heterocycles. The third-order valence-electron chi connectivity index (χ3n) is 7.29. The van der Waals surface area contributed by atoms with Crippen molar-refractivity contribution in [1.29, 1.82) is 0 Å². The molecule has 0 aromatic carbocycles. The fourth-order valence-corrected chi connectivity index (χ4v) is 5.38. The summed E-state index contributed by atoms with van der Waals surface area (Å²) in [7, 11) is 0. The van der Waals surface area contributed by atoms with Gasteiger partial charge in [-0.05, 0) is 56.1 Å². The number of amides is 2. The van der Waals surface area contributed by atoms with E-state index in [2.05, 4.69) is 9.88 Å². The lowest BCUT2D eigenvalue weighted by Gasteiger charge is -2.35. The molecule has 3 aliphatic rings. The summed E-state index contributed by atoms with van der Waals surface area (Å²) < 4.78 is 5.83. The standard InChI is InChI=1S/C25H37N3O3/c1-19-7-10-26-23(13-19)31-18-22-15-25(30)28(17-22)16-21-8-11-27(12-9-21)24(29)14-20-5-3-2-4-6-20/h7,10,13,20-22H,2-6,8-9,11-12,14-18H2,1H3. The van der Waals surface area contributed by atoms with Crippen molar-refractivity contribution >= 4 is 11.8 Å². The van der Waals surface area contributed by atoms with E-state index in [0.29, 0.717) is 36.7 Å². The van der Waals surface area contributed by atoms with Crippen molar-refractivity contribution in [3.8, 4) is 5.88 Å². The van der Waals surface area contributed by atoms with Gasteiger partial charge < -0.3 is 14.5 Å². The van der Waals surface area contributed by atoms with Gasteiger partial charge in [0.25, 0.3) is 0 Å². The van der Waals surface area contributed by atoms with Crippen LogP contribution in [0.15, 0.2) is 18.3 Å². The minimum atomic E-state index is 0.229. The van der Waals surface area contributed by atoms with E-state index in [4.69, 9.17) is 4.74 Å². The number of ether oxygens (including phenoxy) is 1. The smallest absolute Gasteiger partial charge is 0.223 e. The Bertz CT molecular complexity index is 754. The lowest BCUT2D eigenvalue weighted by Crippen LogP contribution is -2.42. The number of hydrogen-bond acceptors (Lipinski definition) is 4. The monoisotopic (exact) mass is 427 g/mol. The molecule has 1 atom stereocenters. The Balaban J connectivity index is 1.17. The molecule has 0 bridgehead atoms. The first-order chi connectivity index (χ1) is 15.1. The molecule has 0 N–H and O–H groups in total. The highest BCUT2D eigenvalue weighted by molar-refractivity contribution is 5.78. The van der Waals surface area contributed by atoms with Crippen LogP contribution in [0.5, 0.6) is 5.88 Å². The van der Waals surface area contributed by atoms with Gasteiger partial charge in [0.15, 0.2) is 0 Å². The Labute approximate surface area is 186 Å². The van der Waals surface area contributed by atoms with Crippen LogP contribution < -0.4 is 4.74 Å². The average molecular weight is 428 g/mol. The number of carbonyl (C=O) groups is 2. The number of piperidine rings is 1. The second kappa shape index (κ2) is 10.5. The molecule has 1 aliphatic carbocycles. The van der Waals surface area contributed by atoms with E-state index in [1.54, 1.807) is 6.20 Å². The molecule has 170 valence electrons. The Morgan fingerprint density at radius 3 is 2.61 bits per heavy atom. The number of rotatable bonds is 7. The summed E-state index contributed by atoms with van der Waals surface area (Å²) in [6, 6.07) is 3.88. The maximum Gasteiger partial charge on any atom is 0.223 e. The number of aryl methyl sites for hydroxylation is 1. The van der Waals surface area contributed by atoms with Crippen LogP contribution in [0.2, 0.25) is 0 Å². The van der Waals surface area contributed by atoms with Crippen molar-refractivity contribution in [3.63, 3.8) is 0 Å². The molecule has 1 unspecified atom stereocenters. The highest BCUT2D eigenvalue weighted by Gasteiger charge is 2.33. The molecule has 1 aromatic rings. The lowest BCUT2D eigenvalue weighted by molar-refractivity contribution is -0.134. The average Bonchev–Trinajstić information content (AvgIpc) is 3.12. The van der Waals surface area contributed by atoms with E-state index in [0.717, 1.165) is 51.0 Å². The molecule has 2 saturated heterocycles. The maximum absolute atomic E-state index is 12.7. The minimum Gasteiger partial charge on any atom is -0.477 e. The van der Waals surface area contributed by atoms with Crippen molar-refractivity contribution in [3.05, 3.63) is 23.9 Å². The van der Waals surface area contributed by atoms with E-state index in [9.17, 15) is 9.59 Å². The van der Waals surface area contributed by atoms with Gasteiger partial charge in [-0.25, -0.2) is 4.98 Å². The van der Waals surface area contributed by atoms with Crippen LogP contribution in [0.4, 0.5) is 0 Å². The number of aromatic nitrogens is 1. The van der Waals surface area contributed by atoms with Gasteiger partial charge in [-0.2, -0.15) is 0 Å². The van der Waals surface area contributed by atoms with Gasteiger partial charge in [-0.1, -0.05) is 19.3 Å². The van der Waals surface area contributed by atoms with Crippen LogP contribution in [0.1, 0.15) is 63.4 Å². The summed E-state index contributed by atoms with van der Waals surface area (Å²) in [4.78, 5) is 33.5. The van der Waals surface area contributed by atoms with Crippen molar-refractivity contribution < 1.29 is 14.3 Å². The number of carbonyl (C=O) groups excluding carboxylic acids is 2. The van der Waals surface area contributed by atoms with Crippen molar-refractivity contribution in [2.75, 3.05) is 32.8 Å². The minimum absolute atomic E-state index is 0.229. The molecular weight excluding hydrogens is 390 g/mol. The van der Waals surface area contributed by atoms with Crippen LogP contribution in [0.3, 0.4) is 0 Å². The van der Waals surface area contributed by atoms with E-state index in [1.165, 1.54) is 32.1 Å². The van der Waals surface area contributed by atoms with Crippen LogP contribution >= 0.6 is 0 Å². The number of pyridine rings is 1. The number of nitrogens with zero attached hydrogens (tertiary/aromatic N) is 3. The molecule has 6 nitrogen and oxygen atoms in total. The number of hydrogen-bond donors (Lipinski definition) is 0. The Morgan fingerprint density at radius 1 is 1.10 bits per heavy atom. The predicted molar refractivity (Wildman–Crippen MR) is 120 cm³/mol. The SMILES string of the molecule is Cc1ccnc(OCC2CC(=O)N(CC3CCN(C(=O)CC4CCCCC4)CC3)C2)c1. The van der Waals surface area contributed by atoms with E-state index in [-0.39, 0.29) is 11.8 Å². The highest BCUT2D eigenvalue weighted by atomic mass is 16.5. The third kappa shape index (κ3) is 6.20. The predicted octanol–water partition coefficient (Wildman–Crippen LogP) is 3.83. The normalized spacial score (nSPS) is 23.4. The second-order valence-electron chi connectivity index (χ2n) is 9.88. The first-order valence-corrected chi connectivity index (χ1v) is 12.2. The first kappa shape index (κ1) is 22.1. The molecule has 3 heterocycles. The molecule has 0 radical (unpaired) electrons. The molecular formula is C25H37N3O3. The summed E-state index contributed by atoms with van der Waals surface area (Å²) in [6.45, 7) is 5.85. The largest absolute Gasteiger partial charge is 0.477 e. The van der Waals surface area contributed by atoms with Crippen LogP contribution in [0.25, 0.3) is 0 Å². The molecule has 3 fully saturated rings. The summed E-state index contributed by atoms with van der Waals surface area (Å²) in [5.74, 6) is 2.56. The Morgan fingerprint density at radius 2 is 1.87 bits per heavy atom. The molecule has 1 saturated carbocycles. The van der Waals surface area contributed by atoms with Gasteiger partial charge in [-0.3, -0.25) is 9.59 Å². The van der Waals surface area contributed by atoms with Gasteiger partial charge >= 0.3 is 0 Å². The molecule has 6 heteroatoms. The molecule has 4 rings (SSSR count). The zero-order chi connectivity index (χ0) is 21.6. The summed E-state index contributed by atoms with van der Waals surface area (Å²) in [5, 5.41) is 0. The maximum atomic E-state index is 12.7. The van der Waals surface area contributed by atoms with Gasteiger partial charge in [0.05, 0.1) is 6.61 Å². The Hall–Kier alpha value is -2.11. The molecule has 0 spiro atoms. The fraction of sp³-hybridized carbons (Fsp3) is 0.720. The third-order valence-corrected chi connectivity index (χ3v) is 7.29. The molecule has 2 amide bonds. The number of likely N-dealkylation sites (tertiary alicyclic amines) is 2. The van der Waals surface area contributed by atoms with Crippen molar-refractivity contribution in [2.24, 2.45) is 17.8 Å². The highest BCUT2D eigenvalue weighted by Crippen LogP contribution is 2.29. The summed E-state index contributed by atoms with van der Waals surface area (Å²) in [5.41, 5.74) is 1.12. The summed E-state index contributed by atoms with van der Waals surface area (Å²) >= 11 is 0. The van der Waals surface area contributed by atoms with Crippen LogP contribution in [-0.2, 0) is 9.59 Å². The van der Waals surface area contributed by atoms with Gasteiger partial charge in [0.1, 0.15) is 0 Å². The Kier molecular flexibility index (Phi) is 7.46. The topological polar surface area (TPSA) is 62.7 Å². The second-order valence-corrected chi connectivity index (χ2v) is 9.88. The van der Waals surface area contributed by atoms with E-state index >= 15 is 0 Å². The molecule has 31 heavy (non-hydrogen) atoms. The van der Waals surface area contributed by atoms with Gasteiger partial charge in [0.2, 0.25) is 17.7 Å². The van der Waals surface area contributed by atoms with Crippen molar-refractivity contribution in [2.45, 2.75) is 64.7 Å².